The van der Waals surface area contributed by atoms with Gasteiger partial charge in [0.2, 0.25) is 5.91 Å². The van der Waals surface area contributed by atoms with Crippen molar-refractivity contribution in [3.8, 4) is 22.8 Å². The number of fused-ring (bicyclic) bond motifs is 2. The lowest BCUT2D eigenvalue weighted by atomic mass is 9.81. The Morgan fingerprint density at radius 2 is 1.91 bits per heavy atom. The number of hydrogen-bond acceptors (Lipinski definition) is 7. The summed E-state index contributed by atoms with van der Waals surface area (Å²) in [5.74, 6) is -0.904. The van der Waals surface area contributed by atoms with Crippen LogP contribution in [0.2, 0.25) is 0 Å². The van der Waals surface area contributed by atoms with Crippen molar-refractivity contribution in [1.29, 1.82) is 0 Å². The van der Waals surface area contributed by atoms with E-state index in [1.807, 2.05) is 10.9 Å². The third kappa shape index (κ3) is 5.26. The zero-order valence-corrected chi connectivity index (χ0v) is 26.1. The van der Waals surface area contributed by atoms with E-state index in [0.29, 0.717) is 41.3 Å². The SMILES string of the molecule is COc1cc(C(=O)NC[C@](O)(c2cc3c(c(-c4ccc(C)c(C(F)(F)F)c4)n2)OC[C@]3(C)C(N)=O)C2CC2)cc2cn(C3CC3)nc12. The van der Waals surface area contributed by atoms with Crippen molar-refractivity contribution < 1.29 is 37.3 Å². The van der Waals surface area contributed by atoms with Crippen LogP contribution in [0.1, 0.15) is 71.4 Å². The monoisotopic (exact) mass is 649 g/mol. The number of aryl methyl sites for hydroxylation is 1. The lowest BCUT2D eigenvalue weighted by Gasteiger charge is -2.30. The number of methoxy groups -OCH3 is 1. The van der Waals surface area contributed by atoms with Crippen molar-refractivity contribution in [2.45, 2.75) is 62.8 Å². The van der Waals surface area contributed by atoms with Gasteiger partial charge in [-0.2, -0.15) is 18.3 Å². The summed E-state index contributed by atoms with van der Waals surface area (Å²) in [5.41, 5.74) is 3.43. The maximum absolute atomic E-state index is 13.9. The number of rotatable bonds is 9. The Morgan fingerprint density at radius 1 is 1.17 bits per heavy atom. The van der Waals surface area contributed by atoms with Crippen LogP contribution in [0.5, 0.6) is 11.5 Å². The minimum atomic E-state index is -4.62. The summed E-state index contributed by atoms with van der Waals surface area (Å²) in [6.45, 7) is 2.55. The first-order chi connectivity index (χ1) is 22.2. The number of nitrogens with zero attached hydrogens (tertiary/aromatic N) is 3. The number of amides is 2. The first-order valence-corrected chi connectivity index (χ1v) is 15.5. The Labute approximate surface area is 268 Å². The Hall–Kier alpha value is -4.65. The van der Waals surface area contributed by atoms with E-state index in [2.05, 4.69) is 10.4 Å². The lowest BCUT2D eigenvalue weighted by molar-refractivity contribution is -0.138. The first kappa shape index (κ1) is 31.0. The second-order valence-electron chi connectivity index (χ2n) is 13.1. The Morgan fingerprint density at radius 3 is 2.55 bits per heavy atom. The molecule has 2 atom stereocenters. The molecule has 4 aromatic rings. The van der Waals surface area contributed by atoms with Crippen LogP contribution in [0.4, 0.5) is 13.2 Å². The number of carbonyl (C=O) groups excluding carboxylic acids is 2. The fourth-order valence-electron chi connectivity index (χ4n) is 6.34. The first-order valence-electron chi connectivity index (χ1n) is 15.5. The molecule has 0 unspecified atom stereocenters. The van der Waals surface area contributed by atoms with Crippen LogP contribution >= 0.6 is 0 Å². The second-order valence-corrected chi connectivity index (χ2v) is 13.1. The predicted molar refractivity (Wildman–Crippen MR) is 165 cm³/mol. The van der Waals surface area contributed by atoms with E-state index in [1.54, 1.807) is 19.1 Å². The minimum absolute atomic E-state index is 0.0313. The molecule has 2 saturated carbocycles. The number of aliphatic hydroxyl groups is 1. The summed E-state index contributed by atoms with van der Waals surface area (Å²) in [7, 11) is 1.50. The molecular weight excluding hydrogens is 615 g/mol. The number of pyridine rings is 1. The molecule has 7 rings (SSSR count). The maximum atomic E-state index is 13.9. The summed E-state index contributed by atoms with van der Waals surface area (Å²) in [4.78, 5) is 30.9. The number of primary amides is 1. The summed E-state index contributed by atoms with van der Waals surface area (Å²) in [6.07, 6.45) is 0.612. The molecular formula is C34H34F3N5O5. The van der Waals surface area contributed by atoms with E-state index >= 15 is 0 Å². The standard InChI is InChI=1S/C34H34F3N5O5/c1-17-4-5-18(11-23(17)34(35,36)37)28-29-24(32(2,16-47-29)31(38)44)13-26(40-28)33(45,21-6-7-21)15-39-30(43)19-10-20-14-42(22-8-9-22)41-27(20)25(12-19)46-3/h4-5,10-14,21-22,45H,6-9,15-16H2,1-3H3,(H2,38,44)(H,39,43)/t32-,33+/m0/s1. The maximum Gasteiger partial charge on any atom is 0.416 e. The van der Waals surface area contributed by atoms with Gasteiger partial charge in [-0.15, -0.1) is 0 Å². The van der Waals surface area contributed by atoms with E-state index < -0.39 is 34.6 Å². The van der Waals surface area contributed by atoms with Crippen molar-refractivity contribution in [1.82, 2.24) is 20.1 Å². The second kappa shape index (κ2) is 10.7. The highest BCUT2D eigenvalue weighted by Gasteiger charge is 2.50. The van der Waals surface area contributed by atoms with Gasteiger partial charge >= 0.3 is 6.18 Å². The molecule has 0 saturated heterocycles. The number of aromatic nitrogens is 3. The van der Waals surface area contributed by atoms with Crippen molar-refractivity contribution in [3.05, 3.63) is 70.5 Å². The molecule has 3 heterocycles. The van der Waals surface area contributed by atoms with Crippen molar-refractivity contribution in [2.24, 2.45) is 11.7 Å². The number of halogens is 3. The number of hydrogen-bond donors (Lipinski definition) is 3. The minimum Gasteiger partial charge on any atom is -0.494 e. The van der Waals surface area contributed by atoms with Crippen molar-refractivity contribution >= 4 is 22.7 Å². The zero-order valence-electron chi connectivity index (χ0n) is 26.1. The van der Waals surface area contributed by atoms with Crippen LogP contribution in [-0.4, -0.2) is 51.9 Å². The van der Waals surface area contributed by atoms with Gasteiger partial charge in [0.25, 0.3) is 5.91 Å². The molecule has 4 N–H and O–H groups in total. The van der Waals surface area contributed by atoms with Gasteiger partial charge in [0.15, 0.2) is 0 Å². The molecule has 246 valence electrons. The molecule has 0 radical (unpaired) electrons. The third-order valence-corrected chi connectivity index (χ3v) is 9.64. The molecule has 2 aromatic heterocycles. The fraction of sp³-hybridized carbons (Fsp3) is 0.412. The van der Waals surface area contributed by atoms with Crippen LogP contribution in [0.15, 0.2) is 42.6 Å². The van der Waals surface area contributed by atoms with E-state index in [0.717, 1.165) is 24.3 Å². The lowest BCUT2D eigenvalue weighted by Crippen LogP contribution is -2.44. The normalized spacial score (nSPS) is 20.4. The van der Waals surface area contributed by atoms with E-state index in [1.165, 1.54) is 32.2 Å². The molecule has 47 heavy (non-hydrogen) atoms. The van der Waals surface area contributed by atoms with Gasteiger partial charge in [-0.25, -0.2) is 4.98 Å². The van der Waals surface area contributed by atoms with Gasteiger partial charge in [0.1, 0.15) is 40.3 Å². The predicted octanol–water partition coefficient (Wildman–Crippen LogP) is 4.93. The molecule has 1 aliphatic heterocycles. The van der Waals surface area contributed by atoms with Crippen molar-refractivity contribution in [3.63, 3.8) is 0 Å². The van der Waals surface area contributed by atoms with Gasteiger partial charge in [-0.3, -0.25) is 14.3 Å². The zero-order chi connectivity index (χ0) is 33.5. The average Bonchev–Trinajstić information content (AvgIpc) is 3.98. The molecule has 2 aromatic carbocycles. The smallest absolute Gasteiger partial charge is 0.416 e. The summed E-state index contributed by atoms with van der Waals surface area (Å²) in [5, 5.41) is 20.4. The summed E-state index contributed by atoms with van der Waals surface area (Å²) in [6, 6.07) is 8.99. The third-order valence-electron chi connectivity index (χ3n) is 9.64. The number of nitrogens with two attached hydrogens (primary N) is 1. The van der Waals surface area contributed by atoms with Gasteiger partial charge < -0.3 is 25.6 Å². The molecule has 3 aliphatic rings. The highest BCUT2D eigenvalue weighted by atomic mass is 19.4. The van der Waals surface area contributed by atoms with Crippen LogP contribution in [0.3, 0.4) is 0 Å². The molecule has 2 fully saturated rings. The van der Waals surface area contributed by atoms with Gasteiger partial charge in [0, 0.05) is 28.3 Å². The number of ether oxygens (including phenoxy) is 2. The van der Waals surface area contributed by atoms with Crippen LogP contribution in [-0.2, 0) is 22.0 Å². The van der Waals surface area contributed by atoms with Gasteiger partial charge in [-0.05, 0) is 75.3 Å². The van der Waals surface area contributed by atoms with E-state index in [-0.39, 0.29) is 47.3 Å². The molecule has 2 amide bonds. The van der Waals surface area contributed by atoms with E-state index in [4.69, 9.17) is 20.2 Å². The van der Waals surface area contributed by atoms with Crippen LogP contribution < -0.4 is 20.5 Å². The average molecular weight is 650 g/mol. The molecule has 0 bridgehead atoms. The fourth-order valence-corrected chi connectivity index (χ4v) is 6.34. The molecule has 13 heteroatoms. The van der Waals surface area contributed by atoms with Gasteiger partial charge in [0.05, 0.1) is 31.0 Å². The molecule has 10 nitrogen and oxygen atoms in total. The number of benzene rings is 2. The number of carbonyl (C=O) groups is 2. The summed E-state index contributed by atoms with van der Waals surface area (Å²) >= 11 is 0. The molecule has 0 spiro atoms. The summed E-state index contributed by atoms with van der Waals surface area (Å²) < 4.78 is 55.0. The Kier molecular flexibility index (Phi) is 7.05. The van der Waals surface area contributed by atoms with Crippen molar-refractivity contribution in [2.75, 3.05) is 20.3 Å². The molecule has 2 aliphatic carbocycles. The topological polar surface area (TPSA) is 142 Å². The largest absolute Gasteiger partial charge is 0.494 e. The number of alkyl halides is 3. The van der Waals surface area contributed by atoms with Crippen LogP contribution in [0, 0.1) is 12.8 Å². The Balaban J connectivity index is 1.28. The number of nitrogens with one attached hydrogen (secondary N) is 1. The highest BCUT2D eigenvalue weighted by molar-refractivity contribution is 6.00. The highest BCUT2D eigenvalue weighted by Crippen LogP contribution is 2.50. The van der Waals surface area contributed by atoms with Crippen LogP contribution in [0.25, 0.3) is 22.2 Å². The van der Waals surface area contributed by atoms with Gasteiger partial charge in [-0.1, -0.05) is 12.1 Å². The Bertz CT molecular complexity index is 1950. The van der Waals surface area contributed by atoms with E-state index in [9.17, 15) is 27.9 Å². The quantitative estimate of drug-likeness (QED) is 0.234.